The number of nitro groups is 1. The van der Waals surface area contributed by atoms with E-state index in [9.17, 15) is 27.7 Å². The molecular weight excluding hydrogens is 302 g/mol. The van der Waals surface area contributed by atoms with Crippen LogP contribution in [0.5, 0.6) is 5.75 Å². The minimum Gasteiger partial charge on any atom is -0.398 e. The van der Waals surface area contributed by atoms with Crippen LogP contribution in [0.4, 0.5) is 23.2 Å². The summed E-state index contributed by atoms with van der Waals surface area (Å²) < 4.78 is 51.9. The van der Waals surface area contributed by atoms with Crippen LogP contribution in [0.15, 0.2) is 16.6 Å². The van der Waals surface area contributed by atoms with E-state index in [1.54, 1.807) is 0 Å². The predicted molar refractivity (Wildman–Crippen MR) is 47.4 cm³/mol. The predicted octanol–water partition coefficient (Wildman–Crippen LogP) is 3.39. The Balaban J connectivity index is 3.30. The molecule has 0 amide bonds. The molecule has 0 atom stereocenters. The molecule has 1 aromatic carbocycles. The highest BCUT2D eigenvalue weighted by Gasteiger charge is 2.36. The van der Waals surface area contributed by atoms with Crippen molar-refractivity contribution in [3.63, 3.8) is 0 Å². The highest BCUT2D eigenvalue weighted by atomic mass is 79.9. The zero-order chi connectivity index (χ0) is 12.5. The lowest BCUT2D eigenvalue weighted by Gasteiger charge is -2.09. The minimum atomic E-state index is -5.13. The number of benzene rings is 1. The van der Waals surface area contributed by atoms with Gasteiger partial charge in [0.1, 0.15) is 0 Å². The fourth-order valence-corrected chi connectivity index (χ4v) is 1.33. The lowest BCUT2D eigenvalue weighted by atomic mass is 10.3. The van der Waals surface area contributed by atoms with Gasteiger partial charge in [-0.1, -0.05) is 15.9 Å². The van der Waals surface area contributed by atoms with Crippen molar-refractivity contribution >= 4 is 21.6 Å². The molecule has 0 N–H and O–H groups in total. The molecule has 4 nitrogen and oxygen atoms in total. The second-order valence-corrected chi connectivity index (χ2v) is 3.45. The first-order chi connectivity index (χ1) is 7.20. The second-order valence-electron chi connectivity index (χ2n) is 2.54. The monoisotopic (exact) mass is 303 g/mol. The third kappa shape index (κ3) is 3.05. The van der Waals surface area contributed by atoms with Gasteiger partial charge in [-0.25, -0.2) is 0 Å². The van der Waals surface area contributed by atoms with Crippen LogP contribution < -0.4 is 4.74 Å². The Hall–Kier alpha value is -1.38. The maximum Gasteiger partial charge on any atom is 0.573 e. The van der Waals surface area contributed by atoms with Crippen LogP contribution in [-0.2, 0) is 0 Å². The molecule has 0 fully saturated rings. The molecule has 0 heterocycles. The summed E-state index contributed by atoms with van der Waals surface area (Å²) in [5, 5.41) is 10.3. The molecule has 1 aromatic rings. The highest BCUT2D eigenvalue weighted by molar-refractivity contribution is 9.10. The number of alkyl halides is 3. The summed E-state index contributed by atoms with van der Waals surface area (Å²) in [4.78, 5) is 9.05. The fourth-order valence-electron chi connectivity index (χ4n) is 0.922. The maximum atomic E-state index is 13.0. The SMILES string of the molecule is O=[N+]([O-])c1c(F)cc(Br)cc1OC(F)(F)F. The molecule has 1 rings (SSSR count). The van der Waals surface area contributed by atoms with Crippen molar-refractivity contribution in [2.75, 3.05) is 0 Å². The van der Waals surface area contributed by atoms with E-state index in [0.717, 1.165) is 0 Å². The van der Waals surface area contributed by atoms with Crippen LogP contribution in [0.1, 0.15) is 0 Å². The first-order valence-electron chi connectivity index (χ1n) is 3.60. The average molecular weight is 304 g/mol. The molecule has 0 bridgehead atoms. The largest absolute Gasteiger partial charge is 0.573 e. The maximum absolute atomic E-state index is 13.0. The number of hydrogen-bond acceptors (Lipinski definition) is 3. The van der Waals surface area contributed by atoms with E-state index < -0.39 is 28.5 Å². The molecule has 0 saturated heterocycles. The smallest absolute Gasteiger partial charge is 0.398 e. The van der Waals surface area contributed by atoms with E-state index >= 15 is 0 Å². The minimum absolute atomic E-state index is 0.102. The molecule has 16 heavy (non-hydrogen) atoms. The normalized spacial score (nSPS) is 11.3. The van der Waals surface area contributed by atoms with Crippen LogP contribution in [-0.4, -0.2) is 11.3 Å². The summed E-state index contributed by atoms with van der Waals surface area (Å²) >= 11 is 2.69. The summed E-state index contributed by atoms with van der Waals surface area (Å²) in [6.45, 7) is 0. The van der Waals surface area contributed by atoms with E-state index in [0.29, 0.717) is 12.1 Å². The van der Waals surface area contributed by atoms with Gasteiger partial charge in [-0.2, -0.15) is 4.39 Å². The molecule has 0 aliphatic rings. The van der Waals surface area contributed by atoms with Gasteiger partial charge >= 0.3 is 12.0 Å². The number of nitrogens with zero attached hydrogens (tertiary/aromatic N) is 1. The first kappa shape index (κ1) is 12.7. The van der Waals surface area contributed by atoms with E-state index in [4.69, 9.17) is 0 Å². The van der Waals surface area contributed by atoms with Gasteiger partial charge in [0.05, 0.1) is 4.92 Å². The average Bonchev–Trinajstić information content (AvgIpc) is 1.96. The van der Waals surface area contributed by atoms with Crippen molar-refractivity contribution in [3.05, 3.63) is 32.5 Å². The summed E-state index contributed by atoms with van der Waals surface area (Å²) in [6.07, 6.45) is -5.13. The summed E-state index contributed by atoms with van der Waals surface area (Å²) in [5.74, 6) is -2.62. The summed E-state index contributed by atoms with van der Waals surface area (Å²) in [7, 11) is 0. The molecule has 0 aliphatic carbocycles. The number of rotatable bonds is 2. The Kier molecular flexibility index (Phi) is 3.36. The molecule has 0 spiro atoms. The Labute approximate surface area is 94.1 Å². The Morgan fingerprint density at radius 1 is 1.38 bits per heavy atom. The van der Waals surface area contributed by atoms with Crippen LogP contribution in [0, 0.1) is 15.9 Å². The lowest BCUT2D eigenvalue weighted by Crippen LogP contribution is -2.18. The highest BCUT2D eigenvalue weighted by Crippen LogP contribution is 2.36. The molecule has 9 heteroatoms. The molecule has 0 radical (unpaired) electrons. The number of hydrogen-bond donors (Lipinski definition) is 0. The Morgan fingerprint density at radius 3 is 2.38 bits per heavy atom. The van der Waals surface area contributed by atoms with Crippen LogP contribution in [0.3, 0.4) is 0 Å². The van der Waals surface area contributed by atoms with Gasteiger partial charge in [0.2, 0.25) is 11.6 Å². The van der Waals surface area contributed by atoms with Crippen LogP contribution >= 0.6 is 15.9 Å². The van der Waals surface area contributed by atoms with Crippen molar-refractivity contribution in [1.82, 2.24) is 0 Å². The van der Waals surface area contributed by atoms with Crippen molar-refractivity contribution in [3.8, 4) is 5.75 Å². The van der Waals surface area contributed by atoms with Gasteiger partial charge in [-0.15, -0.1) is 13.2 Å². The van der Waals surface area contributed by atoms with Crippen molar-refractivity contribution < 1.29 is 27.2 Å². The second kappa shape index (κ2) is 4.24. The van der Waals surface area contributed by atoms with E-state index in [1.807, 2.05) is 0 Å². The fraction of sp³-hybridized carbons (Fsp3) is 0.143. The van der Waals surface area contributed by atoms with Gasteiger partial charge in [0.25, 0.3) is 0 Å². The lowest BCUT2D eigenvalue weighted by molar-refractivity contribution is -0.391. The van der Waals surface area contributed by atoms with E-state index in [1.165, 1.54) is 0 Å². The van der Waals surface area contributed by atoms with E-state index in [-0.39, 0.29) is 4.47 Å². The zero-order valence-electron chi connectivity index (χ0n) is 7.22. The number of halogens is 5. The molecule has 88 valence electrons. The molecule has 0 aliphatic heterocycles. The van der Waals surface area contributed by atoms with Gasteiger partial charge in [0.15, 0.2) is 0 Å². The number of ether oxygens (including phenoxy) is 1. The number of nitro benzene ring substituents is 1. The van der Waals surface area contributed by atoms with Crippen LogP contribution in [0.25, 0.3) is 0 Å². The quantitative estimate of drug-likeness (QED) is 0.478. The van der Waals surface area contributed by atoms with Gasteiger partial charge < -0.3 is 4.74 Å². The third-order valence-corrected chi connectivity index (χ3v) is 1.86. The van der Waals surface area contributed by atoms with Crippen molar-refractivity contribution in [2.45, 2.75) is 6.36 Å². The van der Waals surface area contributed by atoms with Gasteiger partial charge in [-0.3, -0.25) is 10.1 Å². The topological polar surface area (TPSA) is 52.4 Å². The molecular formula is C7H2BrF4NO3. The van der Waals surface area contributed by atoms with Crippen LogP contribution in [0.2, 0.25) is 0 Å². The standard InChI is InChI=1S/C7H2BrF4NO3/c8-3-1-4(9)6(13(14)15)5(2-3)16-7(10,11)12/h1-2H. The Bertz CT molecular complexity index is 434. The first-order valence-corrected chi connectivity index (χ1v) is 4.39. The molecule has 0 saturated carbocycles. The van der Waals surface area contributed by atoms with Gasteiger partial charge in [0, 0.05) is 10.5 Å². The zero-order valence-corrected chi connectivity index (χ0v) is 8.80. The molecule has 0 unspecified atom stereocenters. The van der Waals surface area contributed by atoms with Crippen molar-refractivity contribution in [1.29, 1.82) is 0 Å². The summed E-state index contributed by atoms with van der Waals surface area (Å²) in [6, 6.07) is 1.33. The Morgan fingerprint density at radius 2 is 1.94 bits per heavy atom. The van der Waals surface area contributed by atoms with E-state index in [2.05, 4.69) is 20.7 Å². The summed E-state index contributed by atoms with van der Waals surface area (Å²) in [5.41, 5.74) is -1.36. The third-order valence-electron chi connectivity index (χ3n) is 1.40. The molecule has 0 aromatic heterocycles. The van der Waals surface area contributed by atoms with Crippen molar-refractivity contribution in [2.24, 2.45) is 0 Å². The van der Waals surface area contributed by atoms with Gasteiger partial charge in [-0.05, 0) is 6.07 Å².